The minimum atomic E-state index is -3.47. The van der Waals surface area contributed by atoms with Crippen LogP contribution in [0.1, 0.15) is 12.8 Å². The Morgan fingerprint density at radius 2 is 2.15 bits per heavy atom. The molecule has 0 saturated heterocycles. The Balaban J connectivity index is 2.65. The zero-order valence-corrected chi connectivity index (χ0v) is 13.4. The van der Waals surface area contributed by atoms with Gasteiger partial charge in [-0.05, 0) is 18.2 Å². The van der Waals surface area contributed by atoms with Crippen LogP contribution in [0.5, 0.6) is 0 Å². The van der Waals surface area contributed by atoms with Crippen molar-refractivity contribution in [1.29, 1.82) is 5.26 Å². The Hall–Kier alpha value is -1.39. The molecule has 7 heteroatoms. The first-order chi connectivity index (χ1) is 9.36. The molecule has 0 aliphatic carbocycles. The maximum absolute atomic E-state index is 12.1. The number of benzene rings is 1. The number of rotatable bonds is 6. The van der Waals surface area contributed by atoms with E-state index >= 15 is 0 Å². The van der Waals surface area contributed by atoms with Crippen LogP contribution in [0.4, 0.5) is 0 Å². The molecule has 0 spiro atoms. The SMILES string of the molecule is CN(CCC#N)C(=O)CCS(=O)(=O)c1cccc(Br)c1. The monoisotopic (exact) mass is 358 g/mol. The zero-order chi connectivity index (χ0) is 15.2. The van der Waals surface area contributed by atoms with Crippen molar-refractivity contribution < 1.29 is 13.2 Å². The molecule has 1 amide bonds. The normalized spacial score (nSPS) is 10.8. The van der Waals surface area contributed by atoms with Crippen molar-refractivity contribution in [1.82, 2.24) is 4.90 Å². The Labute approximate surface area is 127 Å². The van der Waals surface area contributed by atoms with E-state index in [1.807, 2.05) is 6.07 Å². The van der Waals surface area contributed by atoms with Crippen LogP contribution in [-0.4, -0.2) is 38.6 Å². The molecule has 5 nitrogen and oxygen atoms in total. The lowest BCUT2D eigenvalue weighted by Crippen LogP contribution is -2.29. The molecule has 0 bridgehead atoms. The van der Waals surface area contributed by atoms with E-state index in [0.717, 1.165) is 0 Å². The van der Waals surface area contributed by atoms with Crippen LogP contribution < -0.4 is 0 Å². The third-order valence-electron chi connectivity index (χ3n) is 2.72. The van der Waals surface area contributed by atoms with Gasteiger partial charge < -0.3 is 4.90 Å². The molecular weight excluding hydrogens is 344 g/mol. The maximum Gasteiger partial charge on any atom is 0.223 e. The summed E-state index contributed by atoms with van der Waals surface area (Å²) in [6.45, 7) is 0.312. The van der Waals surface area contributed by atoms with Crippen molar-refractivity contribution in [3.05, 3.63) is 28.7 Å². The molecule has 0 aromatic heterocycles. The van der Waals surface area contributed by atoms with Crippen molar-refractivity contribution in [3.8, 4) is 6.07 Å². The first-order valence-electron chi connectivity index (χ1n) is 5.96. The largest absolute Gasteiger partial charge is 0.345 e. The number of halogens is 1. The molecule has 0 saturated carbocycles. The fourth-order valence-corrected chi connectivity index (χ4v) is 3.36. The van der Waals surface area contributed by atoms with E-state index in [4.69, 9.17) is 5.26 Å². The van der Waals surface area contributed by atoms with Crippen LogP contribution in [0.3, 0.4) is 0 Å². The minimum absolute atomic E-state index is 0.0865. The summed E-state index contributed by atoms with van der Waals surface area (Å²) in [6, 6.07) is 8.33. The third kappa shape index (κ3) is 4.94. The molecule has 0 aliphatic rings. The summed E-state index contributed by atoms with van der Waals surface area (Å²) in [5.74, 6) is -0.516. The highest BCUT2D eigenvalue weighted by Gasteiger charge is 2.18. The van der Waals surface area contributed by atoms with Gasteiger partial charge in [-0.2, -0.15) is 5.26 Å². The second kappa shape index (κ2) is 7.41. The van der Waals surface area contributed by atoms with Crippen LogP contribution in [0.2, 0.25) is 0 Å². The van der Waals surface area contributed by atoms with Crippen molar-refractivity contribution in [2.45, 2.75) is 17.7 Å². The molecule has 0 unspecified atom stereocenters. The van der Waals surface area contributed by atoms with Gasteiger partial charge in [0.2, 0.25) is 5.91 Å². The van der Waals surface area contributed by atoms with Crippen molar-refractivity contribution in [2.75, 3.05) is 19.3 Å². The van der Waals surface area contributed by atoms with E-state index in [1.54, 1.807) is 19.2 Å². The van der Waals surface area contributed by atoms with Crippen LogP contribution in [0.25, 0.3) is 0 Å². The van der Waals surface area contributed by atoms with Gasteiger partial charge in [0, 0.05) is 24.5 Å². The van der Waals surface area contributed by atoms with Crippen LogP contribution in [0.15, 0.2) is 33.6 Å². The molecule has 0 N–H and O–H groups in total. The van der Waals surface area contributed by atoms with Gasteiger partial charge in [-0.1, -0.05) is 22.0 Å². The second-order valence-corrected chi connectivity index (χ2v) is 7.27. The summed E-state index contributed by atoms with van der Waals surface area (Å²) in [4.78, 5) is 13.3. The molecule has 0 atom stereocenters. The molecule has 1 rings (SSSR count). The maximum atomic E-state index is 12.1. The Morgan fingerprint density at radius 1 is 1.45 bits per heavy atom. The van der Waals surface area contributed by atoms with E-state index in [9.17, 15) is 13.2 Å². The summed E-state index contributed by atoms with van der Waals surface area (Å²) >= 11 is 3.22. The molecule has 1 aromatic rings. The van der Waals surface area contributed by atoms with Crippen molar-refractivity contribution in [2.24, 2.45) is 0 Å². The average molecular weight is 359 g/mol. The number of amides is 1. The van der Waals surface area contributed by atoms with E-state index in [0.29, 0.717) is 11.0 Å². The van der Waals surface area contributed by atoms with Crippen LogP contribution in [-0.2, 0) is 14.6 Å². The third-order valence-corrected chi connectivity index (χ3v) is 4.93. The number of carbonyl (C=O) groups is 1. The van der Waals surface area contributed by atoms with Gasteiger partial charge >= 0.3 is 0 Å². The molecule has 108 valence electrons. The summed E-state index contributed by atoms with van der Waals surface area (Å²) in [5, 5.41) is 8.44. The predicted molar refractivity (Wildman–Crippen MR) is 78.7 cm³/mol. The van der Waals surface area contributed by atoms with Gasteiger partial charge in [-0.25, -0.2) is 8.42 Å². The quantitative estimate of drug-likeness (QED) is 0.778. The minimum Gasteiger partial charge on any atom is -0.345 e. The molecule has 1 aromatic carbocycles. The average Bonchev–Trinajstić information content (AvgIpc) is 2.42. The highest BCUT2D eigenvalue weighted by molar-refractivity contribution is 9.10. The van der Waals surface area contributed by atoms with Crippen LogP contribution in [0, 0.1) is 11.3 Å². The number of nitriles is 1. The number of nitrogens with zero attached hydrogens (tertiary/aromatic N) is 2. The lowest BCUT2D eigenvalue weighted by atomic mass is 10.3. The summed E-state index contributed by atoms with van der Waals surface area (Å²) in [6.07, 6.45) is 0.150. The summed E-state index contributed by atoms with van der Waals surface area (Å²) in [7, 11) is -1.91. The van der Waals surface area contributed by atoms with E-state index in [2.05, 4.69) is 15.9 Å². The molecule has 0 aliphatic heterocycles. The van der Waals surface area contributed by atoms with Crippen molar-refractivity contribution in [3.63, 3.8) is 0 Å². The van der Waals surface area contributed by atoms with Gasteiger partial charge in [-0.15, -0.1) is 0 Å². The number of hydrogen-bond donors (Lipinski definition) is 0. The smallest absolute Gasteiger partial charge is 0.223 e. The fourth-order valence-electron chi connectivity index (χ4n) is 1.53. The van der Waals surface area contributed by atoms with Gasteiger partial charge in [-0.3, -0.25) is 4.79 Å². The fraction of sp³-hybridized carbons (Fsp3) is 0.385. The molecule has 0 fully saturated rings. The number of carbonyl (C=O) groups excluding carboxylic acids is 1. The standard InChI is InChI=1S/C13H15BrN2O3S/c1-16(8-3-7-15)13(17)6-9-20(18,19)12-5-2-4-11(14)10-12/h2,4-5,10H,3,6,8-9H2,1H3. The highest BCUT2D eigenvalue weighted by Crippen LogP contribution is 2.18. The molecule has 0 radical (unpaired) electrons. The van der Waals surface area contributed by atoms with E-state index in [-0.39, 0.29) is 29.4 Å². The Bertz CT molecular complexity index is 623. The summed E-state index contributed by atoms with van der Waals surface area (Å²) < 4.78 is 24.8. The molecule has 0 heterocycles. The number of hydrogen-bond acceptors (Lipinski definition) is 4. The summed E-state index contributed by atoms with van der Waals surface area (Å²) in [5.41, 5.74) is 0. The zero-order valence-electron chi connectivity index (χ0n) is 11.0. The van der Waals surface area contributed by atoms with Gasteiger partial charge in [0.05, 0.1) is 23.1 Å². The lowest BCUT2D eigenvalue weighted by Gasteiger charge is -2.15. The lowest BCUT2D eigenvalue weighted by molar-refractivity contribution is -0.129. The van der Waals surface area contributed by atoms with Gasteiger partial charge in [0.1, 0.15) is 0 Å². The molecular formula is C13H15BrN2O3S. The Morgan fingerprint density at radius 3 is 2.75 bits per heavy atom. The predicted octanol–water partition coefficient (Wildman–Crippen LogP) is 1.98. The first-order valence-corrected chi connectivity index (χ1v) is 8.40. The topological polar surface area (TPSA) is 78.2 Å². The van der Waals surface area contributed by atoms with E-state index in [1.165, 1.54) is 17.0 Å². The number of sulfone groups is 1. The highest BCUT2D eigenvalue weighted by atomic mass is 79.9. The van der Waals surface area contributed by atoms with Gasteiger partial charge in [0.25, 0.3) is 0 Å². The van der Waals surface area contributed by atoms with E-state index < -0.39 is 9.84 Å². The Kier molecular flexibility index (Phi) is 6.17. The van der Waals surface area contributed by atoms with Crippen molar-refractivity contribution >= 4 is 31.7 Å². The van der Waals surface area contributed by atoms with Crippen LogP contribution >= 0.6 is 15.9 Å². The molecule has 20 heavy (non-hydrogen) atoms. The second-order valence-electron chi connectivity index (χ2n) is 4.25. The first kappa shape index (κ1) is 16.7. The van der Waals surface area contributed by atoms with Gasteiger partial charge in [0.15, 0.2) is 9.84 Å².